The number of aryl methyl sites for hydroxylation is 1. The van der Waals surface area contributed by atoms with Gasteiger partial charge in [0.2, 0.25) is 0 Å². The number of nitrogens with zero attached hydrogens (tertiary/aromatic N) is 2. The highest BCUT2D eigenvalue weighted by molar-refractivity contribution is 5.85. The first-order valence-corrected chi connectivity index (χ1v) is 4.13. The van der Waals surface area contributed by atoms with Gasteiger partial charge >= 0.3 is 5.97 Å². The molecule has 1 heterocycles. The molecule has 0 spiro atoms. The Morgan fingerprint density at radius 1 is 1.77 bits per heavy atom. The molecule has 0 saturated heterocycles. The fourth-order valence-electron chi connectivity index (χ4n) is 1.16. The Bertz CT molecular complexity index is 306. The first-order chi connectivity index (χ1) is 6.19. The molecule has 0 saturated carbocycles. The Balaban J connectivity index is 2.96. The van der Waals surface area contributed by atoms with E-state index < -0.39 is 5.97 Å². The largest absolute Gasteiger partial charge is 0.476 e. The zero-order chi connectivity index (χ0) is 9.84. The van der Waals surface area contributed by atoms with Crippen molar-refractivity contribution < 1.29 is 9.90 Å². The maximum Gasteiger partial charge on any atom is 0.356 e. The second-order valence-corrected chi connectivity index (χ2v) is 2.67. The van der Waals surface area contributed by atoms with Crippen LogP contribution in [0.4, 0.5) is 0 Å². The van der Waals surface area contributed by atoms with Gasteiger partial charge in [-0.05, 0) is 20.0 Å². The Labute approximate surface area is 76.4 Å². The van der Waals surface area contributed by atoms with Crippen LogP contribution in [0, 0.1) is 0 Å². The van der Waals surface area contributed by atoms with Crippen LogP contribution in [-0.4, -0.2) is 27.9 Å². The van der Waals surface area contributed by atoms with Crippen LogP contribution in [0.15, 0.2) is 6.07 Å². The molecule has 0 radical (unpaired) electrons. The van der Waals surface area contributed by atoms with E-state index in [1.807, 2.05) is 14.0 Å². The monoisotopic (exact) mass is 183 g/mol. The molecule has 0 fully saturated rings. The minimum absolute atomic E-state index is 0.104. The molecule has 72 valence electrons. The number of rotatable bonds is 4. The second-order valence-electron chi connectivity index (χ2n) is 2.67. The molecule has 0 aromatic carbocycles. The van der Waals surface area contributed by atoms with Gasteiger partial charge in [-0.2, -0.15) is 5.10 Å². The van der Waals surface area contributed by atoms with Gasteiger partial charge in [0.15, 0.2) is 5.69 Å². The van der Waals surface area contributed by atoms with Gasteiger partial charge in [0.1, 0.15) is 0 Å². The van der Waals surface area contributed by atoms with E-state index in [0.29, 0.717) is 13.1 Å². The van der Waals surface area contributed by atoms with E-state index in [2.05, 4.69) is 10.4 Å². The van der Waals surface area contributed by atoms with Crippen molar-refractivity contribution in [3.8, 4) is 0 Å². The van der Waals surface area contributed by atoms with Crippen molar-refractivity contribution in [2.24, 2.45) is 0 Å². The molecule has 0 aliphatic heterocycles. The van der Waals surface area contributed by atoms with E-state index in [-0.39, 0.29) is 5.69 Å². The van der Waals surface area contributed by atoms with Crippen molar-refractivity contribution in [3.05, 3.63) is 17.5 Å². The van der Waals surface area contributed by atoms with Gasteiger partial charge in [-0.3, -0.25) is 4.68 Å². The minimum atomic E-state index is -0.982. The standard InChI is InChI=1S/C8H13N3O2/c1-3-11-6(5-9-2)4-7(10-11)8(12)13/h4,9H,3,5H2,1-2H3,(H,12,13). The van der Waals surface area contributed by atoms with E-state index in [9.17, 15) is 4.79 Å². The molecule has 5 heteroatoms. The lowest BCUT2D eigenvalue weighted by molar-refractivity contribution is 0.0689. The van der Waals surface area contributed by atoms with E-state index in [1.165, 1.54) is 0 Å². The summed E-state index contributed by atoms with van der Waals surface area (Å²) in [5, 5.41) is 15.6. The molecule has 0 aliphatic carbocycles. The number of hydrogen-bond acceptors (Lipinski definition) is 3. The molecule has 5 nitrogen and oxygen atoms in total. The molecular formula is C8H13N3O2. The Morgan fingerprint density at radius 3 is 2.92 bits per heavy atom. The molecule has 0 aliphatic rings. The molecule has 1 aromatic heterocycles. The van der Waals surface area contributed by atoms with Gasteiger partial charge in [0.25, 0.3) is 0 Å². The van der Waals surface area contributed by atoms with Crippen molar-refractivity contribution in [3.63, 3.8) is 0 Å². The number of carboxylic acid groups (broad SMARTS) is 1. The van der Waals surface area contributed by atoms with Crippen LogP contribution in [-0.2, 0) is 13.1 Å². The summed E-state index contributed by atoms with van der Waals surface area (Å²) in [6.07, 6.45) is 0. The molecule has 0 amide bonds. The number of carboxylic acids is 1. The number of aromatic nitrogens is 2. The number of aromatic carboxylic acids is 1. The summed E-state index contributed by atoms with van der Waals surface area (Å²) < 4.78 is 1.68. The van der Waals surface area contributed by atoms with Crippen LogP contribution in [0.1, 0.15) is 23.1 Å². The van der Waals surface area contributed by atoms with Crippen LogP contribution >= 0.6 is 0 Å². The summed E-state index contributed by atoms with van der Waals surface area (Å²) in [6, 6.07) is 1.59. The third-order valence-corrected chi connectivity index (χ3v) is 1.74. The Morgan fingerprint density at radius 2 is 2.46 bits per heavy atom. The molecule has 1 aromatic rings. The number of nitrogens with one attached hydrogen (secondary N) is 1. The van der Waals surface area contributed by atoms with Gasteiger partial charge in [-0.1, -0.05) is 0 Å². The molecule has 0 atom stereocenters. The van der Waals surface area contributed by atoms with Crippen molar-refractivity contribution in [1.29, 1.82) is 0 Å². The lowest BCUT2D eigenvalue weighted by Crippen LogP contribution is -2.11. The summed E-state index contributed by atoms with van der Waals surface area (Å²) in [7, 11) is 1.81. The topological polar surface area (TPSA) is 67.2 Å². The molecule has 0 unspecified atom stereocenters. The average molecular weight is 183 g/mol. The second kappa shape index (κ2) is 4.04. The molecular weight excluding hydrogens is 170 g/mol. The van der Waals surface area contributed by atoms with E-state index in [4.69, 9.17) is 5.11 Å². The lowest BCUT2D eigenvalue weighted by Gasteiger charge is -2.01. The smallest absolute Gasteiger partial charge is 0.356 e. The van der Waals surface area contributed by atoms with Crippen LogP contribution in [0.3, 0.4) is 0 Å². The van der Waals surface area contributed by atoms with E-state index in [0.717, 1.165) is 5.69 Å². The minimum Gasteiger partial charge on any atom is -0.476 e. The van der Waals surface area contributed by atoms with Gasteiger partial charge in [-0.25, -0.2) is 4.79 Å². The number of carbonyl (C=O) groups is 1. The highest BCUT2D eigenvalue weighted by Gasteiger charge is 2.10. The summed E-state index contributed by atoms with van der Waals surface area (Å²) >= 11 is 0. The fourth-order valence-corrected chi connectivity index (χ4v) is 1.16. The fraction of sp³-hybridized carbons (Fsp3) is 0.500. The maximum absolute atomic E-state index is 10.6. The Hall–Kier alpha value is -1.36. The van der Waals surface area contributed by atoms with Crippen molar-refractivity contribution >= 4 is 5.97 Å². The van der Waals surface area contributed by atoms with E-state index in [1.54, 1.807) is 10.7 Å². The average Bonchev–Trinajstić information content (AvgIpc) is 2.48. The highest BCUT2D eigenvalue weighted by atomic mass is 16.4. The summed E-state index contributed by atoms with van der Waals surface area (Å²) in [6.45, 7) is 3.25. The van der Waals surface area contributed by atoms with Crippen LogP contribution in [0.5, 0.6) is 0 Å². The van der Waals surface area contributed by atoms with Crippen molar-refractivity contribution in [2.45, 2.75) is 20.0 Å². The first kappa shape index (κ1) is 9.73. The van der Waals surface area contributed by atoms with Crippen molar-refractivity contribution in [2.75, 3.05) is 7.05 Å². The SMILES string of the molecule is CCn1nc(C(=O)O)cc1CNC. The highest BCUT2D eigenvalue weighted by Crippen LogP contribution is 2.04. The predicted octanol–water partition coefficient (Wildman–Crippen LogP) is 0.321. The third-order valence-electron chi connectivity index (χ3n) is 1.74. The third kappa shape index (κ3) is 2.06. The normalized spacial score (nSPS) is 10.3. The van der Waals surface area contributed by atoms with Crippen LogP contribution in [0.2, 0.25) is 0 Å². The van der Waals surface area contributed by atoms with Gasteiger partial charge < -0.3 is 10.4 Å². The zero-order valence-electron chi connectivity index (χ0n) is 7.74. The van der Waals surface area contributed by atoms with Crippen LogP contribution in [0.25, 0.3) is 0 Å². The van der Waals surface area contributed by atoms with E-state index >= 15 is 0 Å². The summed E-state index contributed by atoms with van der Waals surface area (Å²) in [5.74, 6) is -0.982. The Kier molecular flexibility index (Phi) is 3.02. The van der Waals surface area contributed by atoms with Gasteiger partial charge in [-0.15, -0.1) is 0 Å². The molecule has 1 rings (SSSR count). The van der Waals surface area contributed by atoms with Gasteiger partial charge in [0.05, 0.1) is 5.69 Å². The lowest BCUT2D eigenvalue weighted by atomic mass is 10.3. The summed E-state index contributed by atoms with van der Waals surface area (Å²) in [4.78, 5) is 10.6. The van der Waals surface area contributed by atoms with Crippen molar-refractivity contribution in [1.82, 2.24) is 15.1 Å². The maximum atomic E-state index is 10.6. The first-order valence-electron chi connectivity index (χ1n) is 4.13. The number of hydrogen-bond donors (Lipinski definition) is 2. The van der Waals surface area contributed by atoms with Gasteiger partial charge in [0, 0.05) is 13.1 Å². The molecule has 13 heavy (non-hydrogen) atoms. The van der Waals surface area contributed by atoms with Crippen LogP contribution < -0.4 is 5.32 Å². The quantitative estimate of drug-likeness (QED) is 0.705. The zero-order valence-corrected chi connectivity index (χ0v) is 7.74. The summed E-state index contributed by atoms with van der Waals surface area (Å²) in [5.41, 5.74) is 0.995. The predicted molar refractivity (Wildman–Crippen MR) is 47.6 cm³/mol. The molecule has 2 N–H and O–H groups in total. The molecule has 0 bridgehead atoms.